The van der Waals surface area contributed by atoms with Crippen molar-refractivity contribution in [3.63, 3.8) is 0 Å². The Morgan fingerprint density at radius 1 is 0.967 bits per heavy atom. The number of piperidine rings is 1. The summed E-state index contributed by atoms with van der Waals surface area (Å²) >= 11 is 1.30. The molecule has 2 amide bonds. The van der Waals surface area contributed by atoms with Crippen LogP contribution in [-0.2, 0) is 14.8 Å². The van der Waals surface area contributed by atoms with Crippen LogP contribution in [-0.4, -0.2) is 55.1 Å². The molecule has 2 aliphatic heterocycles. The molecule has 0 aliphatic carbocycles. The van der Waals surface area contributed by atoms with Gasteiger partial charge in [0.1, 0.15) is 10.9 Å². The van der Waals surface area contributed by atoms with Crippen LogP contribution >= 0.6 is 11.3 Å². The molecule has 2 saturated heterocycles. The lowest BCUT2D eigenvalue weighted by molar-refractivity contribution is -0.119. The topological polar surface area (TPSA) is 86.8 Å². The predicted octanol–water partition coefficient (Wildman–Crippen LogP) is 3.17. The molecule has 2 aromatic rings. The van der Waals surface area contributed by atoms with Crippen molar-refractivity contribution < 1.29 is 18.0 Å². The first-order chi connectivity index (χ1) is 14.5. The lowest BCUT2D eigenvalue weighted by Gasteiger charge is -2.27. The van der Waals surface area contributed by atoms with Crippen molar-refractivity contribution in [2.45, 2.75) is 43.0 Å². The van der Waals surface area contributed by atoms with Crippen molar-refractivity contribution in [2.75, 3.05) is 25.0 Å². The quantitative estimate of drug-likeness (QED) is 0.763. The van der Waals surface area contributed by atoms with Crippen LogP contribution in [0.2, 0.25) is 0 Å². The van der Waals surface area contributed by atoms with Crippen LogP contribution in [0, 0.1) is 0 Å². The maximum absolute atomic E-state index is 13.0. The van der Waals surface area contributed by atoms with Crippen molar-refractivity contribution in [3.8, 4) is 0 Å². The molecule has 160 valence electrons. The number of hydrogen-bond donors (Lipinski definition) is 1. The molecule has 9 heteroatoms. The fourth-order valence-corrected chi connectivity index (χ4v) is 6.54. The van der Waals surface area contributed by atoms with Gasteiger partial charge in [0.05, 0.1) is 10.6 Å². The summed E-state index contributed by atoms with van der Waals surface area (Å²) in [6.45, 7) is 1.77. The summed E-state index contributed by atoms with van der Waals surface area (Å²) in [6, 6.07) is 9.10. The third-order valence-corrected chi connectivity index (χ3v) is 8.44. The van der Waals surface area contributed by atoms with Gasteiger partial charge in [-0.3, -0.25) is 9.59 Å². The van der Waals surface area contributed by atoms with E-state index in [-0.39, 0.29) is 10.8 Å². The lowest BCUT2D eigenvalue weighted by atomic mass is 10.1. The monoisotopic (exact) mass is 447 g/mol. The SMILES string of the molecule is O=C(Nc1ccsc1C(=O)N1CCCCC1)[C@H]1CCCN1S(=O)(=O)c1ccccc1. The minimum absolute atomic E-state index is 0.0693. The molecule has 1 N–H and O–H groups in total. The summed E-state index contributed by atoms with van der Waals surface area (Å²) in [4.78, 5) is 28.4. The molecule has 30 heavy (non-hydrogen) atoms. The zero-order valence-electron chi connectivity index (χ0n) is 16.6. The molecule has 2 aliphatic rings. The van der Waals surface area contributed by atoms with Gasteiger partial charge in [0.25, 0.3) is 5.91 Å². The van der Waals surface area contributed by atoms with Crippen molar-refractivity contribution in [1.29, 1.82) is 0 Å². The maximum atomic E-state index is 13.0. The third-order valence-electron chi connectivity index (χ3n) is 5.62. The van der Waals surface area contributed by atoms with Crippen molar-refractivity contribution in [3.05, 3.63) is 46.7 Å². The summed E-state index contributed by atoms with van der Waals surface area (Å²) in [6.07, 6.45) is 4.19. The number of anilines is 1. The molecular formula is C21H25N3O4S2. The highest BCUT2D eigenvalue weighted by Crippen LogP contribution is 2.29. The first kappa shape index (κ1) is 21.0. The van der Waals surface area contributed by atoms with E-state index in [4.69, 9.17) is 0 Å². The van der Waals surface area contributed by atoms with Crippen LogP contribution < -0.4 is 5.32 Å². The zero-order chi connectivity index (χ0) is 21.1. The van der Waals surface area contributed by atoms with E-state index < -0.39 is 22.0 Å². The van der Waals surface area contributed by atoms with E-state index in [1.165, 1.54) is 27.8 Å². The predicted molar refractivity (Wildman–Crippen MR) is 116 cm³/mol. The van der Waals surface area contributed by atoms with E-state index >= 15 is 0 Å². The van der Waals surface area contributed by atoms with Gasteiger partial charge >= 0.3 is 0 Å². The Kier molecular flexibility index (Phi) is 6.21. The Labute approximate surface area is 180 Å². The van der Waals surface area contributed by atoms with E-state index in [2.05, 4.69) is 5.32 Å². The van der Waals surface area contributed by atoms with E-state index in [0.717, 1.165) is 32.4 Å². The zero-order valence-corrected chi connectivity index (χ0v) is 18.3. The molecule has 2 fully saturated rings. The van der Waals surface area contributed by atoms with Gasteiger partial charge in [-0.2, -0.15) is 4.31 Å². The van der Waals surface area contributed by atoms with Gasteiger partial charge in [-0.25, -0.2) is 8.42 Å². The number of nitrogens with zero attached hydrogens (tertiary/aromatic N) is 2. The summed E-state index contributed by atoms with van der Waals surface area (Å²) in [5.41, 5.74) is 0.463. The first-order valence-corrected chi connectivity index (χ1v) is 12.5. The number of benzene rings is 1. The van der Waals surface area contributed by atoms with E-state index in [1.807, 2.05) is 4.90 Å². The van der Waals surface area contributed by atoms with E-state index in [1.54, 1.807) is 29.6 Å². The van der Waals surface area contributed by atoms with Gasteiger partial charge in [-0.15, -0.1) is 11.3 Å². The smallest absolute Gasteiger partial charge is 0.266 e. The molecule has 1 aromatic heterocycles. The number of sulfonamides is 1. The number of carbonyl (C=O) groups is 2. The molecule has 0 radical (unpaired) electrons. The van der Waals surface area contributed by atoms with Gasteiger partial charge in [0.15, 0.2) is 0 Å². The molecule has 4 rings (SSSR count). The number of rotatable bonds is 5. The fourth-order valence-electron chi connectivity index (χ4n) is 4.05. The second-order valence-electron chi connectivity index (χ2n) is 7.59. The Morgan fingerprint density at radius 2 is 1.70 bits per heavy atom. The lowest BCUT2D eigenvalue weighted by Crippen LogP contribution is -2.43. The van der Waals surface area contributed by atoms with Gasteiger partial charge in [0.2, 0.25) is 15.9 Å². The minimum Gasteiger partial charge on any atom is -0.338 e. The van der Waals surface area contributed by atoms with Crippen LogP contribution in [0.5, 0.6) is 0 Å². The second kappa shape index (κ2) is 8.87. The Bertz CT molecular complexity index is 1010. The van der Waals surface area contributed by atoms with E-state index in [9.17, 15) is 18.0 Å². The van der Waals surface area contributed by atoms with Crippen molar-refractivity contribution in [2.24, 2.45) is 0 Å². The van der Waals surface area contributed by atoms with Gasteiger partial charge in [-0.05, 0) is 55.7 Å². The maximum Gasteiger partial charge on any atom is 0.266 e. The number of amides is 2. The summed E-state index contributed by atoms with van der Waals surface area (Å²) < 4.78 is 27.3. The molecular weight excluding hydrogens is 422 g/mol. The fraction of sp³-hybridized carbons (Fsp3) is 0.429. The van der Waals surface area contributed by atoms with Gasteiger partial charge in [-0.1, -0.05) is 18.2 Å². The Balaban J connectivity index is 1.50. The summed E-state index contributed by atoms with van der Waals surface area (Å²) in [7, 11) is -3.76. The molecule has 3 heterocycles. The first-order valence-electron chi connectivity index (χ1n) is 10.2. The van der Waals surface area contributed by atoms with Crippen LogP contribution in [0.3, 0.4) is 0 Å². The van der Waals surface area contributed by atoms with Crippen molar-refractivity contribution >= 4 is 38.9 Å². The van der Waals surface area contributed by atoms with E-state index in [0.29, 0.717) is 30.0 Å². The van der Waals surface area contributed by atoms with Crippen LogP contribution in [0.1, 0.15) is 41.8 Å². The summed E-state index contributed by atoms with van der Waals surface area (Å²) in [5.74, 6) is -0.460. The molecule has 1 aromatic carbocycles. The average Bonchev–Trinajstić information content (AvgIpc) is 3.44. The van der Waals surface area contributed by atoms with Crippen LogP contribution in [0.15, 0.2) is 46.7 Å². The summed E-state index contributed by atoms with van der Waals surface area (Å²) in [5, 5.41) is 4.60. The van der Waals surface area contributed by atoms with Crippen molar-refractivity contribution in [1.82, 2.24) is 9.21 Å². The largest absolute Gasteiger partial charge is 0.338 e. The van der Waals surface area contributed by atoms with Gasteiger partial charge in [0, 0.05) is 19.6 Å². The second-order valence-corrected chi connectivity index (χ2v) is 10.4. The minimum atomic E-state index is -3.76. The molecule has 0 spiro atoms. The molecule has 0 unspecified atom stereocenters. The number of thiophene rings is 1. The highest BCUT2D eigenvalue weighted by molar-refractivity contribution is 7.89. The number of nitrogens with one attached hydrogen (secondary N) is 1. The Morgan fingerprint density at radius 3 is 2.43 bits per heavy atom. The number of likely N-dealkylation sites (tertiary alicyclic amines) is 1. The molecule has 1 atom stereocenters. The van der Waals surface area contributed by atoms with Crippen LogP contribution in [0.25, 0.3) is 0 Å². The van der Waals surface area contributed by atoms with Gasteiger partial charge < -0.3 is 10.2 Å². The molecule has 0 saturated carbocycles. The average molecular weight is 448 g/mol. The van der Waals surface area contributed by atoms with Crippen LogP contribution in [0.4, 0.5) is 5.69 Å². The highest BCUT2D eigenvalue weighted by atomic mass is 32.2. The number of hydrogen-bond acceptors (Lipinski definition) is 5. The normalized spacial score (nSPS) is 20.3. The molecule has 7 nitrogen and oxygen atoms in total. The standard InChI is InChI=1S/C21H25N3O4S2/c25-20(18-10-7-14-24(18)30(27,28)16-8-3-1-4-9-16)22-17-11-15-29-19(17)21(26)23-12-5-2-6-13-23/h1,3-4,8-9,11,15,18H,2,5-7,10,12-14H2,(H,22,25)/t18-/m1/s1. The highest BCUT2D eigenvalue weighted by Gasteiger charge is 2.39. The molecule has 0 bridgehead atoms. The number of carbonyl (C=O) groups excluding carboxylic acids is 2. The Hall–Kier alpha value is -2.23. The third kappa shape index (κ3) is 4.14.